The van der Waals surface area contributed by atoms with Gasteiger partial charge >= 0.3 is 5.97 Å². The third-order valence-electron chi connectivity index (χ3n) is 5.92. The molecule has 7 heteroatoms. The van der Waals surface area contributed by atoms with E-state index in [0.717, 1.165) is 12.8 Å². The molecule has 1 saturated carbocycles. The molecule has 2 aliphatic rings. The van der Waals surface area contributed by atoms with E-state index in [9.17, 15) is 14.7 Å². The molecule has 5 nitrogen and oxygen atoms in total. The van der Waals surface area contributed by atoms with Gasteiger partial charge in [-0.15, -0.1) is 0 Å². The number of carbonyl (C=O) groups excluding carboxylic acids is 1. The van der Waals surface area contributed by atoms with Crippen LogP contribution in [0.1, 0.15) is 56.8 Å². The maximum atomic E-state index is 13.3. The minimum Gasteiger partial charge on any atom is -0.480 e. The zero-order valence-electron chi connectivity index (χ0n) is 15.8. The molecule has 1 atom stereocenters. The summed E-state index contributed by atoms with van der Waals surface area (Å²) in [6.45, 7) is 6.62. The van der Waals surface area contributed by atoms with E-state index in [4.69, 9.17) is 27.9 Å². The van der Waals surface area contributed by atoms with Gasteiger partial charge in [-0.1, -0.05) is 44.0 Å². The molecule has 1 saturated heterocycles. The first-order valence-corrected chi connectivity index (χ1v) is 9.96. The highest BCUT2D eigenvalue weighted by Crippen LogP contribution is 2.47. The standard InChI is InChI=1S/C20H25Cl2NO4/c1-19(2,3)12-6-8-20(9-7-12)23(16(11-27-20)18(25)26)17(24)14-5-4-13(21)10-15(14)22/h4-5,10,12,16H,6-9,11H2,1-3H3,(H,25,26)/t12?,16-,20?/m0/s1. The molecule has 0 radical (unpaired) electrons. The fraction of sp³-hybridized carbons (Fsp3) is 0.600. The maximum absolute atomic E-state index is 13.3. The van der Waals surface area contributed by atoms with Crippen LogP contribution in [0, 0.1) is 11.3 Å². The van der Waals surface area contributed by atoms with Crippen LogP contribution in [-0.4, -0.2) is 40.3 Å². The predicted octanol–water partition coefficient (Wildman–Crippen LogP) is 4.85. The third kappa shape index (κ3) is 3.82. The average molecular weight is 414 g/mol. The summed E-state index contributed by atoms with van der Waals surface area (Å²) in [5.41, 5.74) is -0.471. The number of nitrogens with zero attached hydrogens (tertiary/aromatic N) is 1. The van der Waals surface area contributed by atoms with Gasteiger partial charge < -0.3 is 9.84 Å². The van der Waals surface area contributed by atoms with Crippen molar-refractivity contribution in [2.45, 2.75) is 58.2 Å². The number of carboxylic acids is 1. The van der Waals surface area contributed by atoms with Gasteiger partial charge in [0.1, 0.15) is 5.72 Å². The van der Waals surface area contributed by atoms with Gasteiger partial charge in [0.05, 0.1) is 17.2 Å². The fourth-order valence-corrected chi connectivity index (χ4v) is 4.77. The topological polar surface area (TPSA) is 66.8 Å². The van der Waals surface area contributed by atoms with Crippen molar-refractivity contribution in [2.24, 2.45) is 11.3 Å². The van der Waals surface area contributed by atoms with E-state index >= 15 is 0 Å². The van der Waals surface area contributed by atoms with E-state index < -0.39 is 23.6 Å². The highest BCUT2D eigenvalue weighted by atomic mass is 35.5. The van der Waals surface area contributed by atoms with E-state index in [0.29, 0.717) is 23.8 Å². The lowest BCUT2D eigenvalue weighted by atomic mass is 9.70. The lowest BCUT2D eigenvalue weighted by Gasteiger charge is -2.46. The molecule has 1 aliphatic carbocycles. The minimum absolute atomic E-state index is 0.00747. The lowest BCUT2D eigenvalue weighted by Crippen LogP contribution is -2.55. The van der Waals surface area contributed by atoms with Crippen LogP contribution in [0.25, 0.3) is 0 Å². The molecule has 1 aromatic rings. The van der Waals surface area contributed by atoms with Crippen molar-refractivity contribution in [1.29, 1.82) is 0 Å². The fourth-order valence-electron chi connectivity index (χ4n) is 4.28. The second-order valence-corrected chi connectivity index (χ2v) is 9.39. The van der Waals surface area contributed by atoms with Gasteiger partial charge in [0.2, 0.25) is 0 Å². The number of halogens is 2. The summed E-state index contributed by atoms with van der Waals surface area (Å²) in [7, 11) is 0. The first-order valence-electron chi connectivity index (χ1n) is 9.21. The van der Waals surface area contributed by atoms with Crippen molar-refractivity contribution in [3.8, 4) is 0 Å². The van der Waals surface area contributed by atoms with Crippen molar-refractivity contribution >= 4 is 35.1 Å². The first kappa shape index (κ1) is 20.4. The summed E-state index contributed by atoms with van der Waals surface area (Å²) >= 11 is 12.2. The Morgan fingerprint density at radius 2 is 1.85 bits per heavy atom. The van der Waals surface area contributed by atoms with Gasteiger partial charge in [-0.2, -0.15) is 0 Å². The molecule has 1 N–H and O–H groups in total. The molecule has 1 aliphatic heterocycles. The SMILES string of the molecule is CC(C)(C)C1CCC2(CC1)OC[C@@H](C(=O)O)N2C(=O)c1ccc(Cl)cc1Cl. The van der Waals surface area contributed by atoms with Gasteiger partial charge in [0.15, 0.2) is 6.04 Å². The average Bonchev–Trinajstić information content (AvgIpc) is 2.93. The van der Waals surface area contributed by atoms with Crippen molar-refractivity contribution in [3.63, 3.8) is 0 Å². The third-order valence-corrected chi connectivity index (χ3v) is 6.47. The van der Waals surface area contributed by atoms with E-state index in [-0.39, 0.29) is 22.6 Å². The maximum Gasteiger partial charge on any atom is 0.328 e. The zero-order chi connectivity index (χ0) is 20.0. The minimum atomic E-state index is -1.07. The zero-order valence-corrected chi connectivity index (χ0v) is 17.3. The van der Waals surface area contributed by atoms with E-state index in [1.165, 1.54) is 11.0 Å². The Morgan fingerprint density at radius 1 is 1.22 bits per heavy atom. The summed E-state index contributed by atoms with van der Waals surface area (Å²) in [5, 5.41) is 10.3. The van der Waals surface area contributed by atoms with Crippen LogP contribution in [0.15, 0.2) is 18.2 Å². The largest absolute Gasteiger partial charge is 0.480 e. The Hall–Kier alpha value is -1.30. The monoisotopic (exact) mass is 413 g/mol. The Labute approximate surface area is 169 Å². The molecule has 0 bridgehead atoms. The van der Waals surface area contributed by atoms with Crippen molar-refractivity contribution in [2.75, 3.05) is 6.61 Å². The van der Waals surface area contributed by atoms with E-state index in [2.05, 4.69) is 20.8 Å². The van der Waals surface area contributed by atoms with Crippen LogP contribution < -0.4 is 0 Å². The van der Waals surface area contributed by atoms with Gasteiger partial charge in [-0.3, -0.25) is 9.69 Å². The Morgan fingerprint density at radius 3 is 2.37 bits per heavy atom. The summed E-state index contributed by atoms with van der Waals surface area (Å²) in [6, 6.07) is 3.59. The lowest BCUT2D eigenvalue weighted by molar-refractivity contribution is -0.144. The first-order chi connectivity index (χ1) is 12.5. The number of hydrogen-bond donors (Lipinski definition) is 1. The van der Waals surface area contributed by atoms with Crippen molar-refractivity contribution < 1.29 is 19.4 Å². The number of carboxylic acid groups (broad SMARTS) is 1. The summed E-state index contributed by atoms with van der Waals surface area (Å²) < 4.78 is 5.99. The van der Waals surface area contributed by atoms with Gasteiger partial charge in [-0.25, -0.2) is 4.79 Å². The molecule has 1 spiro atoms. The highest BCUT2D eigenvalue weighted by Gasteiger charge is 2.55. The molecule has 148 valence electrons. The van der Waals surface area contributed by atoms with Crippen LogP contribution >= 0.6 is 23.2 Å². The number of benzene rings is 1. The molecule has 0 unspecified atom stereocenters. The second-order valence-electron chi connectivity index (χ2n) is 8.55. The van der Waals surface area contributed by atoms with Crippen LogP contribution in [0.3, 0.4) is 0 Å². The molecule has 27 heavy (non-hydrogen) atoms. The van der Waals surface area contributed by atoms with Crippen LogP contribution in [0.2, 0.25) is 10.0 Å². The molecule has 3 rings (SSSR count). The van der Waals surface area contributed by atoms with Crippen LogP contribution in [-0.2, 0) is 9.53 Å². The van der Waals surface area contributed by atoms with Crippen LogP contribution in [0.4, 0.5) is 0 Å². The number of ether oxygens (including phenoxy) is 1. The molecular weight excluding hydrogens is 389 g/mol. The Kier molecular flexibility index (Phi) is 5.50. The number of hydrogen-bond acceptors (Lipinski definition) is 3. The summed E-state index contributed by atoms with van der Waals surface area (Å²) in [5.74, 6) is -0.981. The molecule has 0 aromatic heterocycles. The predicted molar refractivity (Wildman–Crippen MR) is 104 cm³/mol. The van der Waals surface area contributed by atoms with Crippen molar-refractivity contribution in [3.05, 3.63) is 33.8 Å². The number of aliphatic carboxylic acids is 1. The quantitative estimate of drug-likeness (QED) is 0.751. The number of amides is 1. The molecular formula is C20H25Cl2NO4. The molecule has 1 heterocycles. The molecule has 2 fully saturated rings. The van der Waals surface area contributed by atoms with Gasteiger partial charge in [-0.05, 0) is 55.2 Å². The summed E-state index contributed by atoms with van der Waals surface area (Å²) in [4.78, 5) is 26.5. The highest BCUT2D eigenvalue weighted by molar-refractivity contribution is 6.36. The van der Waals surface area contributed by atoms with E-state index in [1.807, 2.05) is 0 Å². The van der Waals surface area contributed by atoms with Crippen molar-refractivity contribution in [1.82, 2.24) is 4.90 Å². The Balaban J connectivity index is 1.93. The van der Waals surface area contributed by atoms with Crippen LogP contribution in [0.5, 0.6) is 0 Å². The van der Waals surface area contributed by atoms with E-state index in [1.54, 1.807) is 12.1 Å². The second kappa shape index (κ2) is 7.26. The molecule has 1 aromatic carbocycles. The normalized spacial score (nSPS) is 28.6. The molecule has 1 amide bonds. The Bertz CT molecular complexity index is 751. The van der Waals surface area contributed by atoms with Gasteiger partial charge in [0.25, 0.3) is 5.91 Å². The number of carbonyl (C=O) groups is 2. The summed E-state index contributed by atoms with van der Waals surface area (Å²) in [6.07, 6.45) is 3.01. The number of rotatable bonds is 2. The smallest absolute Gasteiger partial charge is 0.328 e. The van der Waals surface area contributed by atoms with Gasteiger partial charge in [0, 0.05) is 5.02 Å².